The summed E-state index contributed by atoms with van der Waals surface area (Å²) in [6.45, 7) is 1.73. The lowest BCUT2D eigenvalue weighted by Crippen LogP contribution is -2.12. The lowest BCUT2D eigenvalue weighted by Gasteiger charge is -2.05. The third kappa shape index (κ3) is 4.20. The zero-order valence-corrected chi connectivity index (χ0v) is 15.4. The van der Waals surface area contributed by atoms with E-state index in [2.05, 4.69) is 21.6 Å². The van der Waals surface area contributed by atoms with E-state index in [0.717, 1.165) is 9.90 Å². The molecule has 2 aromatic carbocycles. The van der Waals surface area contributed by atoms with Crippen LogP contribution in [0, 0.1) is 18.3 Å². The number of aromatic hydroxyl groups is 1. The van der Waals surface area contributed by atoms with E-state index >= 15 is 0 Å². The third-order valence-electron chi connectivity index (χ3n) is 3.55. The minimum atomic E-state index is -0.425. The molecular formula is C18H14N4O2S2. The van der Waals surface area contributed by atoms with Crippen LogP contribution < -0.4 is 5.32 Å². The number of phenols is 1. The lowest BCUT2D eigenvalue weighted by atomic mass is 10.1. The molecule has 0 spiro atoms. The number of anilines is 1. The molecule has 3 rings (SSSR count). The number of thioether (sulfide) groups is 1. The maximum absolute atomic E-state index is 12.3. The van der Waals surface area contributed by atoms with Gasteiger partial charge in [0.05, 0.1) is 17.2 Å². The van der Waals surface area contributed by atoms with Crippen LogP contribution in [-0.2, 0) is 5.75 Å². The Bertz CT molecular complexity index is 978. The number of nitriles is 1. The van der Waals surface area contributed by atoms with Crippen LogP contribution in [-0.4, -0.2) is 21.2 Å². The Morgan fingerprint density at radius 3 is 2.77 bits per heavy atom. The van der Waals surface area contributed by atoms with E-state index in [1.54, 1.807) is 37.3 Å². The Hall–Kier alpha value is -2.89. The molecule has 1 amide bonds. The van der Waals surface area contributed by atoms with Crippen LogP contribution in [0.3, 0.4) is 0 Å². The van der Waals surface area contributed by atoms with Crippen LogP contribution >= 0.6 is 23.1 Å². The lowest BCUT2D eigenvalue weighted by molar-refractivity contribution is 0.102. The van der Waals surface area contributed by atoms with Gasteiger partial charge in [-0.15, -0.1) is 10.2 Å². The molecule has 1 aromatic heterocycles. The van der Waals surface area contributed by atoms with Crippen molar-refractivity contribution in [3.8, 4) is 11.8 Å². The van der Waals surface area contributed by atoms with Crippen LogP contribution in [0.25, 0.3) is 0 Å². The zero-order valence-electron chi connectivity index (χ0n) is 13.8. The summed E-state index contributed by atoms with van der Waals surface area (Å²) in [6.07, 6.45) is 0. The van der Waals surface area contributed by atoms with Gasteiger partial charge in [-0.1, -0.05) is 47.4 Å². The highest BCUT2D eigenvalue weighted by Gasteiger charge is 2.15. The predicted molar refractivity (Wildman–Crippen MR) is 101 cm³/mol. The molecule has 6 nitrogen and oxygen atoms in total. The molecule has 3 aromatic rings. The largest absolute Gasteiger partial charge is 0.507 e. The molecule has 1 heterocycles. The summed E-state index contributed by atoms with van der Waals surface area (Å²) in [5, 5.41) is 29.8. The minimum absolute atomic E-state index is 0.0371. The molecule has 0 bridgehead atoms. The van der Waals surface area contributed by atoms with Crippen molar-refractivity contribution >= 4 is 34.1 Å². The molecule has 0 saturated carbocycles. The third-order valence-corrected chi connectivity index (χ3v) is 5.60. The van der Waals surface area contributed by atoms with Gasteiger partial charge in [-0.05, 0) is 36.2 Å². The number of phenolic OH excluding ortho intramolecular Hbond substituents is 1. The van der Waals surface area contributed by atoms with Gasteiger partial charge in [0.2, 0.25) is 5.13 Å². The number of carbonyl (C=O) groups is 1. The number of hydrogen-bond acceptors (Lipinski definition) is 7. The molecule has 8 heteroatoms. The summed E-state index contributed by atoms with van der Waals surface area (Å²) in [5.41, 5.74) is 2.53. The summed E-state index contributed by atoms with van der Waals surface area (Å²) in [5.74, 6) is 0.225. The van der Waals surface area contributed by atoms with Gasteiger partial charge in [-0.25, -0.2) is 0 Å². The fraction of sp³-hybridized carbons (Fsp3) is 0.111. The Morgan fingerprint density at radius 2 is 2.04 bits per heavy atom. The highest BCUT2D eigenvalue weighted by Crippen LogP contribution is 2.29. The van der Waals surface area contributed by atoms with Gasteiger partial charge in [-0.3, -0.25) is 10.1 Å². The van der Waals surface area contributed by atoms with Gasteiger partial charge < -0.3 is 5.11 Å². The molecular weight excluding hydrogens is 368 g/mol. The molecule has 130 valence electrons. The van der Waals surface area contributed by atoms with Crippen molar-refractivity contribution in [3.05, 3.63) is 64.7 Å². The number of aryl methyl sites for hydroxylation is 1. The normalized spacial score (nSPS) is 10.3. The molecule has 2 N–H and O–H groups in total. The maximum Gasteiger partial charge on any atom is 0.261 e. The van der Waals surface area contributed by atoms with Crippen LogP contribution in [0.4, 0.5) is 5.13 Å². The SMILES string of the molecule is Cc1cccc(C(=O)Nc2nnc(SCc3ccc(C#N)cc3)s2)c1O. The van der Waals surface area contributed by atoms with Crippen molar-refractivity contribution in [2.45, 2.75) is 17.0 Å². The number of nitrogens with zero attached hydrogens (tertiary/aromatic N) is 3. The summed E-state index contributed by atoms with van der Waals surface area (Å²) in [4.78, 5) is 12.3. The van der Waals surface area contributed by atoms with Crippen LogP contribution in [0.1, 0.15) is 27.0 Å². The summed E-state index contributed by atoms with van der Waals surface area (Å²) in [7, 11) is 0. The number of nitrogens with one attached hydrogen (secondary N) is 1. The molecule has 0 aliphatic heterocycles. The van der Waals surface area contributed by atoms with Gasteiger partial charge >= 0.3 is 0 Å². The summed E-state index contributed by atoms with van der Waals surface area (Å²) >= 11 is 2.77. The second-order valence-electron chi connectivity index (χ2n) is 5.40. The fourth-order valence-corrected chi connectivity index (χ4v) is 3.85. The first kappa shape index (κ1) is 17.9. The molecule has 0 aliphatic rings. The van der Waals surface area contributed by atoms with E-state index in [1.807, 2.05) is 12.1 Å². The quantitative estimate of drug-likeness (QED) is 0.512. The number of aromatic nitrogens is 2. The van der Waals surface area contributed by atoms with E-state index in [9.17, 15) is 9.90 Å². The summed E-state index contributed by atoms with van der Waals surface area (Å²) in [6, 6.07) is 14.4. The first-order valence-corrected chi connectivity index (χ1v) is 9.42. The van der Waals surface area contributed by atoms with Gasteiger partial charge in [0.1, 0.15) is 5.75 Å². The Morgan fingerprint density at radius 1 is 1.27 bits per heavy atom. The predicted octanol–water partition coefficient (Wildman–Crippen LogP) is 3.97. The topological polar surface area (TPSA) is 98.9 Å². The summed E-state index contributed by atoms with van der Waals surface area (Å²) < 4.78 is 0.720. The van der Waals surface area contributed by atoms with E-state index in [-0.39, 0.29) is 11.3 Å². The zero-order chi connectivity index (χ0) is 18.5. The minimum Gasteiger partial charge on any atom is -0.507 e. The first-order valence-electron chi connectivity index (χ1n) is 7.62. The highest BCUT2D eigenvalue weighted by atomic mass is 32.2. The molecule has 0 radical (unpaired) electrons. The van der Waals surface area contributed by atoms with E-state index in [0.29, 0.717) is 22.0 Å². The highest BCUT2D eigenvalue weighted by molar-refractivity contribution is 8.00. The maximum atomic E-state index is 12.3. The number of carbonyl (C=O) groups excluding carboxylic acids is 1. The van der Waals surface area contributed by atoms with Gasteiger partial charge in [0, 0.05) is 5.75 Å². The van der Waals surface area contributed by atoms with Crippen molar-refractivity contribution < 1.29 is 9.90 Å². The standard InChI is InChI=1S/C18H14N4O2S2/c1-11-3-2-4-14(15(11)23)16(24)20-17-21-22-18(26-17)25-10-13-7-5-12(9-19)6-8-13/h2-8,23H,10H2,1H3,(H,20,21,24). The molecule has 0 saturated heterocycles. The Kier molecular flexibility index (Phi) is 5.51. The first-order chi connectivity index (χ1) is 12.6. The average molecular weight is 382 g/mol. The van der Waals surface area contributed by atoms with Gasteiger partial charge in [0.15, 0.2) is 4.34 Å². The van der Waals surface area contributed by atoms with Crippen LogP contribution in [0.2, 0.25) is 0 Å². The van der Waals surface area contributed by atoms with Crippen molar-refractivity contribution in [1.29, 1.82) is 5.26 Å². The average Bonchev–Trinajstić information content (AvgIpc) is 3.10. The monoisotopic (exact) mass is 382 g/mol. The molecule has 0 fully saturated rings. The smallest absolute Gasteiger partial charge is 0.261 e. The number of rotatable bonds is 5. The van der Waals surface area contributed by atoms with Crippen molar-refractivity contribution in [2.75, 3.05) is 5.32 Å². The Labute approximate surface area is 158 Å². The molecule has 0 unspecified atom stereocenters. The van der Waals surface area contributed by atoms with Crippen LogP contribution in [0.15, 0.2) is 46.8 Å². The fourth-order valence-electron chi connectivity index (χ4n) is 2.15. The second-order valence-corrected chi connectivity index (χ2v) is 7.60. The second kappa shape index (κ2) is 7.99. The Balaban J connectivity index is 1.61. The van der Waals surface area contributed by atoms with Crippen LogP contribution in [0.5, 0.6) is 5.75 Å². The number of para-hydroxylation sites is 1. The van der Waals surface area contributed by atoms with E-state index < -0.39 is 5.91 Å². The molecule has 0 atom stereocenters. The number of amides is 1. The van der Waals surface area contributed by atoms with Crippen molar-refractivity contribution in [3.63, 3.8) is 0 Å². The van der Waals surface area contributed by atoms with Crippen molar-refractivity contribution in [2.24, 2.45) is 0 Å². The molecule has 0 aliphatic carbocycles. The van der Waals surface area contributed by atoms with E-state index in [4.69, 9.17) is 5.26 Å². The van der Waals surface area contributed by atoms with Crippen molar-refractivity contribution in [1.82, 2.24) is 10.2 Å². The van der Waals surface area contributed by atoms with Gasteiger partial charge in [-0.2, -0.15) is 5.26 Å². The van der Waals surface area contributed by atoms with E-state index in [1.165, 1.54) is 23.1 Å². The van der Waals surface area contributed by atoms with Gasteiger partial charge in [0.25, 0.3) is 5.91 Å². The molecule has 26 heavy (non-hydrogen) atoms. The number of benzene rings is 2. The number of hydrogen-bond donors (Lipinski definition) is 2.